The highest BCUT2D eigenvalue weighted by atomic mass is 32.1. The lowest BCUT2D eigenvalue weighted by molar-refractivity contribution is -0.125. The number of carbonyl (C=O) groups excluding carboxylic acids is 2. The first-order chi connectivity index (χ1) is 12.6. The van der Waals surface area contributed by atoms with Crippen molar-refractivity contribution in [2.45, 2.75) is 38.1 Å². The van der Waals surface area contributed by atoms with Gasteiger partial charge in [-0.3, -0.25) is 9.59 Å². The first-order valence-electron chi connectivity index (χ1n) is 8.68. The van der Waals surface area contributed by atoms with E-state index in [-0.39, 0.29) is 11.8 Å². The summed E-state index contributed by atoms with van der Waals surface area (Å²) in [5, 5.41) is 9.26. The van der Waals surface area contributed by atoms with Gasteiger partial charge in [0.1, 0.15) is 6.04 Å². The van der Waals surface area contributed by atoms with E-state index in [0.29, 0.717) is 17.5 Å². The van der Waals surface area contributed by atoms with E-state index in [1.165, 1.54) is 31.1 Å². The van der Waals surface area contributed by atoms with Crippen molar-refractivity contribution in [3.63, 3.8) is 0 Å². The van der Waals surface area contributed by atoms with Gasteiger partial charge >= 0.3 is 0 Å². The SMILES string of the molecule is CC(=O)NC(Cc1c[nH]c2ccccc12)C(=O)Nc1nc(C2CC2)cs1. The molecule has 6 nitrogen and oxygen atoms in total. The van der Waals surface area contributed by atoms with Gasteiger partial charge in [0.2, 0.25) is 11.8 Å². The number of nitrogens with one attached hydrogen (secondary N) is 3. The summed E-state index contributed by atoms with van der Waals surface area (Å²) in [5.41, 5.74) is 3.06. The second-order valence-corrected chi connectivity index (χ2v) is 7.52. The average molecular weight is 368 g/mol. The van der Waals surface area contributed by atoms with Gasteiger partial charge in [0.05, 0.1) is 5.69 Å². The van der Waals surface area contributed by atoms with E-state index in [4.69, 9.17) is 0 Å². The number of rotatable bonds is 6. The molecule has 0 saturated heterocycles. The Balaban J connectivity index is 1.51. The zero-order chi connectivity index (χ0) is 18.1. The quantitative estimate of drug-likeness (QED) is 0.624. The fraction of sp³-hybridized carbons (Fsp3) is 0.316. The third kappa shape index (κ3) is 3.62. The van der Waals surface area contributed by atoms with Crippen LogP contribution in [0.4, 0.5) is 5.13 Å². The van der Waals surface area contributed by atoms with Crippen molar-refractivity contribution in [1.29, 1.82) is 0 Å². The summed E-state index contributed by atoms with van der Waals surface area (Å²) in [6, 6.07) is 7.26. The number of aromatic nitrogens is 2. The van der Waals surface area contributed by atoms with E-state index >= 15 is 0 Å². The van der Waals surface area contributed by atoms with Crippen LogP contribution in [0.1, 0.15) is 36.9 Å². The highest BCUT2D eigenvalue weighted by Crippen LogP contribution is 2.40. The van der Waals surface area contributed by atoms with Crippen LogP contribution in [0.25, 0.3) is 10.9 Å². The maximum Gasteiger partial charge on any atom is 0.249 e. The van der Waals surface area contributed by atoms with Gasteiger partial charge in [-0.1, -0.05) is 18.2 Å². The summed E-state index contributed by atoms with van der Waals surface area (Å²) in [6.07, 6.45) is 4.65. The van der Waals surface area contributed by atoms with Crippen LogP contribution in [0.5, 0.6) is 0 Å². The van der Waals surface area contributed by atoms with Crippen molar-refractivity contribution >= 4 is 39.2 Å². The molecule has 1 aromatic carbocycles. The summed E-state index contributed by atoms with van der Waals surface area (Å²) in [7, 11) is 0. The molecule has 1 atom stereocenters. The van der Waals surface area contributed by atoms with Crippen LogP contribution in [0.2, 0.25) is 0 Å². The van der Waals surface area contributed by atoms with Crippen LogP contribution in [0, 0.1) is 0 Å². The summed E-state index contributed by atoms with van der Waals surface area (Å²) < 4.78 is 0. The number of hydrogen-bond acceptors (Lipinski definition) is 4. The standard InChI is InChI=1S/C19H20N4O2S/c1-11(24)21-16(8-13-9-20-15-5-3-2-4-14(13)15)18(25)23-19-22-17(10-26-19)12-6-7-12/h2-5,9-10,12,16,20H,6-8H2,1H3,(H,21,24)(H,22,23,25). The predicted octanol–water partition coefficient (Wildman–Crippen LogP) is 3.19. The molecule has 134 valence electrons. The number of para-hydroxylation sites is 1. The van der Waals surface area contributed by atoms with Crippen LogP contribution in [-0.2, 0) is 16.0 Å². The van der Waals surface area contributed by atoms with Gasteiger partial charge in [0.25, 0.3) is 0 Å². The largest absolute Gasteiger partial charge is 0.361 e. The number of H-pyrrole nitrogens is 1. The minimum absolute atomic E-state index is 0.234. The van der Waals surface area contributed by atoms with Crippen LogP contribution >= 0.6 is 11.3 Å². The van der Waals surface area contributed by atoms with Gasteiger partial charge in [-0.2, -0.15) is 0 Å². The summed E-state index contributed by atoms with van der Waals surface area (Å²) in [4.78, 5) is 32.0. The molecule has 3 N–H and O–H groups in total. The van der Waals surface area contributed by atoms with Crippen LogP contribution in [0.15, 0.2) is 35.8 Å². The molecule has 2 amide bonds. The molecule has 7 heteroatoms. The summed E-state index contributed by atoms with van der Waals surface area (Å²) in [5.74, 6) is 0.0687. The monoisotopic (exact) mass is 368 g/mol. The zero-order valence-corrected chi connectivity index (χ0v) is 15.2. The minimum Gasteiger partial charge on any atom is -0.361 e. The number of amides is 2. The minimum atomic E-state index is -0.653. The third-order valence-corrected chi connectivity index (χ3v) is 5.32. The molecule has 1 saturated carbocycles. The Morgan fingerprint density at radius 2 is 2.15 bits per heavy atom. The number of nitrogens with zero attached hydrogens (tertiary/aromatic N) is 1. The zero-order valence-electron chi connectivity index (χ0n) is 14.4. The van der Waals surface area contributed by atoms with Crippen molar-refractivity contribution in [1.82, 2.24) is 15.3 Å². The molecule has 1 aliphatic rings. The molecule has 0 radical (unpaired) electrons. The molecule has 1 aliphatic carbocycles. The Labute approximate surface area is 155 Å². The van der Waals surface area contributed by atoms with E-state index < -0.39 is 6.04 Å². The Bertz CT molecular complexity index is 957. The van der Waals surface area contributed by atoms with Crippen LogP contribution in [-0.4, -0.2) is 27.8 Å². The molecule has 0 aliphatic heterocycles. The van der Waals surface area contributed by atoms with Crippen LogP contribution in [0.3, 0.4) is 0 Å². The molecule has 1 fully saturated rings. The van der Waals surface area contributed by atoms with Crippen molar-refractivity contribution in [3.05, 3.63) is 47.1 Å². The first-order valence-corrected chi connectivity index (χ1v) is 9.56. The summed E-state index contributed by atoms with van der Waals surface area (Å²) >= 11 is 1.43. The van der Waals surface area contributed by atoms with E-state index in [2.05, 4.69) is 20.6 Å². The topological polar surface area (TPSA) is 86.9 Å². The van der Waals surface area contributed by atoms with Crippen molar-refractivity contribution in [2.75, 3.05) is 5.32 Å². The molecule has 3 aromatic rings. The number of aromatic amines is 1. The summed E-state index contributed by atoms with van der Waals surface area (Å²) in [6.45, 7) is 1.42. The first kappa shape index (κ1) is 16.8. The maximum atomic E-state index is 12.7. The Morgan fingerprint density at radius 3 is 2.92 bits per heavy atom. The van der Waals surface area contributed by atoms with Gasteiger partial charge in [0, 0.05) is 41.7 Å². The second kappa shape index (κ2) is 6.92. The van der Waals surface area contributed by atoms with E-state index in [1.54, 1.807) is 0 Å². The predicted molar refractivity (Wildman–Crippen MR) is 102 cm³/mol. The fourth-order valence-electron chi connectivity index (χ4n) is 3.08. The van der Waals surface area contributed by atoms with Gasteiger partial charge in [0.15, 0.2) is 5.13 Å². The molecule has 26 heavy (non-hydrogen) atoms. The van der Waals surface area contributed by atoms with Crippen molar-refractivity contribution in [3.8, 4) is 0 Å². The fourth-order valence-corrected chi connectivity index (χ4v) is 3.87. The molecule has 1 unspecified atom stereocenters. The van der Waals surface area contributed by atoms with Gasteiger partial charge in [-0.25, -0.2) is 4.98 Å². The van der Waals surface area contributed by atoms with Gasteiger partial charge < -0.3 is 15.6 Å². The third-order valence-electron chi connectivity index (χ3n) is 4.54. The lowest BCUT2D eigenvalue weighted by Gasteiger charge is -2.16. The van der Waals surface area contributed by atoms with E-state index in [1.807, 2.05) is 35.8 Å². The number of fused-ring (bicyclic) bond motifs is 1. The second-order valence-electron chi connectivity index (χ2n) is 6.66. The molecule has 4 rings (SSSR count). The number of carbonyl (C=O) groups is 2. The van der Waals surface area contributed by atoms with Gasteiger partial charge in [-0.15, -0.1) is 11.3 Å². The smallest absolute Gasteiger partial charge is 0.249 e. The molecular weight excluding hydrogens is 348 g/mol. The van der Waals surface area contributed by atoms with Crippen LogP contribution < -0.4 is 10.6 Å². The normalized spacial score (nSPS) is 15.0. The highest BCUT2D eigenvalue weighted by Gasteiger charge is 2.27. The van der Waals surface area contributed by atoms with Crippen molar-refractivity contribution < 1.29 is 9.59 Å². The molecule has 2 aromatic heterocycles. The number of anilines is 1. The molecule has 0 spiro atoms. The average Bonchev–Trinajstić information content (AvgIpc) is 3.24. The van der Waals surface area contributed by atoms with E-state index in [9.17, 15) is 9.59 Å². The molecular formula is C19H20N4O2S. The molecule has 0 bridgehead atoms. The number of thiazole rings is 1. The molecule has 2 heterocycles. The van der Waals surface area contributed by atoms with Crippen molar-refractivity contribution in [2.24, 2.45) is 0 Å². The Hall–Kier alpha value is -2.67. The number of benzene rings is 1. The Morgan fingerprint density at radius 1 is 1.35 bits per heavy atom. The highest BCUT2D eigenvalue weighted by molar-refractivity contribution is 7.13. The van der Waals surface area contributed by atoms with Gasteiger partial charge in [-0.05, 0) is 24.5 Å². The lowest BCUT2D eigenvalue weighted by Crippen LogP contribution is -2.44. The van der Waals surface area contributed by atoms with E-state index in [0.717, 1.165) is 22.2 Å². The number of hydrogen-bond donors (Lipinski definition) is 3. The Kier molecular flexibility index (Phi) is 4.46. The lowest BCUT2D eigenvalue weighted by atomic mass is 10.0. The maximum absolute atomic E-state index is 12.7.